The SMILES string of the molecule is Cc1cc(F)cc(C(=O)N2CCCC3(CCc4cnc(N)nc43)C2)c1. The zero-order valence-corrected chi connectivity index (χ0v) is 14.3. The molecule has 1 saturated heterocycles. The number of piperidine rings is 1. The number of carbonyl (C=O) groups is 1. The van der Waals surface area contributed by atoms with Gasteiger partial charge in [0.2, 0.25) is 5.95 Å². The van der Waals surface area contributed by atoms with Crippen molar-refractivity contribution in [1.29, 1.82) is 0 Å². The lowest BCUT2D eigenvalue weighted by Gasteiger charge is -2.40. The van der Waals surface area contributed by atoms with Crippen LogP contribution in [0.3, 0.4) is 0 Å². The molecule has 1 spiro atoms. The fraction of sp³-hybridized carbons (Fsp3) is 0.421. The Morgan fingerprint density at radius 3 is 2.96 bits per heavy atom. The van der Waals surface area contributed by atoms with E-state index in [1.165, 1.54) is 12.1 Å². The molecule has 1 aliphatic carbocycles. The van der Waals surface area contributed by atoms with E-state index >= 15 is 0 Å². The van der Waals surface area contributed by atoms with Gasteiger partial charge in [-0.1, -0.05) is 0 Å². The lowest BCUT2D eigenvalue weighted by Crippen LogP contribution is -2.48. The van der Waals surface area contributed by atoms with E-state index in [2.05, 4.69) is 9.97 Å². The molecular formula is C19H21FN4O. The van der Waals surface area contributed by atoms with Gasteiger partial charge in [0.25, 0.3) is 5.91 Å². The van der Waals surface area contributed by atoms with Crippen LogP contribution in [0.1, 0.15) is 46.4 Å². The largest absolute Gasteiger partial charge is 0.368 e. The van der Waals surface area contributed by atoms with Crippen LogP contribution in [-0.4, -0.2) is 33.9 Å². The number of carbonyl (C=O) groups excluding carboxylic acids is 1. The van der Waals surface area contributed by atoms with Gasteiger partial charge in [-0.3, -0.25) is 4.79 Å². The van der Waals surface area contributed by atoms with E-state index in [4.69, 9.17) is 5.73 Å². The van der Waals surface area contributed by atoms with Crippen molar-refractivity contribution in [2.24, 2.45) is 0 Å². The number of nitrogens with zero attached hydrogens (tertiary/aromatic N) is 3. The number of anilines is 1. The fourth-order valence-electron chi connectivity index (χ4n) is 4.30. The maximum Gasteiger partial charge on any atom is 0.253 e. The number of halogens is 1. The molecule has 1 aromatic carbocycles. The molecule has 4 rings (SSSR count). The van der Waals surface area contributed by atoms with Gasteiger partial charge in [-0.2, -0.15) is 0 Å². The molecule has 0 bridgehead atoms. The third kappa shape index (κ3) is 2.75. The first-order valence-corrected chi connectivity index (χ1v) is 8.65. The zero-order valence-electron chi connectivity index (χ0n) is 14.3. The van der Waals surface area contributed by atoms with Crippen LogP contribution < -0.4 is 5.73 Å². The maximum atomic E-state index is 13.7. The van der Waals surface area contributed by atoms with Crippen LogP contribution >= 0.6 is 0 Å². The molecular weight excluding hydrogens is 319 g/mol. The predicted molar refractivity (Wildman–Crippen MR) is 92.7 cm³/mol. The number of benzene rings is 1. The smallest absolute Gasteiger partial charge is 0.253 e. The summed E-state index contributed by atoms with van der Waals surface area (Å²) in [6, 6.07) is 4.50. The average molecular weight is 340 g/mol. The van der Waals surface area contributed by atoms with E-state index in [0.717, 1.165) is 42.5 Å². The first kappa shape index (κ1) is 16.0. The molecule has 0 saturated carbocycles. The number of amides is 1. The van der Waals surface area contributed by atoms with Gasteiger partial charge in [0.05, 0.1) is 5.69 Å². The van der Waals surface area contributed by atoms with E-state index < -0.39 is 0 Å². The first-order chi connectivity index (χ1) is 12.0. The molecule has 2 aliphatic rings. The summed E-state index contributed by atoms with van der Waals surface area (Å²) in [6.07, 6.45) is 5.57. The summed E-state index contributed by atoms with van der Waals surface area (Å²) < 4.78 is 13.7. The number of nitrogens with two attached hydrogens (primary N) is 1. The van der Waals surface area contributed by atoms with Gasteiger partial charge in [0.1, 0.15) is 5.82 Å². The zero-order chi connectivity index (χ0) is 17.6. The van der Waals surface area contributed by atoms with Crippen molar-refractivity contribution in [2.75, 3.05) is 18.8 Å². The molecule has 1 fully saturated rings. The maximum absolute atomic E-state index is 13.7. The monoisotopic (exact) mass is 340 g/mol. The summed E-state index contributed by atoms with van der Waals surface area (Å²) in [7, 11) is 0. The van der Waals surface area contributed by atoms with E-state index in [1.54, 1.807) is 13.0 Å². The Hall–Kier alpha value is -2.50. The lowest BCUT2D eigenvalue weighted by molar-refractivity contribution is 0.0633. The molecule has 1 atom stereocenters. The highest BCUT2D eigenvalue weighted by molar-refractivity contribution is 5.94. The summed E-state index contributed by atoms with van der Waals surface area (Å²) in [4.78, 5) is 23.4. The van der Waals surface area contributed by atoms with Gasteiger partial charge < -0.3 is 10.6 Å². The van der Waals surface area contributed by atoms with Gasteiger partial charge in [-0.15, -0.1) is 0 Å². The molecule has 1 amide bonds. The minimum absolute atomic E-state index is 0.114. The van der Waals surface area contributed by atoms with Crippen molar-refractivity contribution >= 4 is 11.9 Å². The van der Waals surface area contributed by atoms with Gasteiger partial charge in [-0.25, -0.2) is 14.4 Å². The van der Waals surface area contributed by atoms with Crippen molar-refractivity contribution in [2.45, 2.75) is 38.0 Å². The summed E-state index contributed by atoms with van der Waals surface area (Å²) in [5.41, 5.74) is 8.93. The molecule has 2 N–H and O–H groups in total. The second kappa shape index (κ2) is 5.79. The number of aromatic nitrogens is 2. The molecule has 2 aromatic rings. The molecule has 130 valence electrons. The number of hydrogen-bond acceptors (Lipinski definition) is 4. The van der Waals surface area contributed by atoms with E-state index in [0.29, 0.717) is 18.7 Å². The molecule has 6 heteroatoms. The normalized spacial score (nSPS) is 22.2. The highest BCUT2D eigenvalue weighted by Gasteiger charge is 2.44. The van der Waals surface area contributed by atoms with Crippen LogP contribution in [0.5, 0.6) is 0 Å². The number of likely N-dealkylation sites (tertiary alicyclic amines) is 1. The van der Waals surface area contributed by atoms with E-state index in [-0.39, 0.29) is 23.1 Å². The molecule has 1 aromatic heterocycles. The highest BCUT2D eigenvalue weighted by Crippen LogP contribution is 2.44. The van der Waals surface area contributed by atoms with Gasteiger partial charge >= 0.3 is 0 Å². The Morgan fingerprint density at radius 2 is 2.16 bits per heavy atom. The standard InChI is InChI=1S/C19H21FN4O/c1-12-7-14(9-15(20)8-12)17(25)24-6-2-4-19(11-24)5-3-13-10-22-18(21)23-16(13)19/h7-10H,2-6,11H2,1H3,(H2,21,22,23). The van der Waals surface area contributed by atoms with Gasteiger partial charge in [-0.05, 0) is 61.9 Å². The van der Waals surface area contributed by atoms with Crippen LogP contribution in [0.2, 0.25) is 0 Å². The number of nitrogen functional groups attached to an aromatic ring is 1. The number of aryl methyl sites for hydroxylation is 2. The Morgan fingerprint density at radius 1 is 1.32 bits per heavy atom. The van der Waals surface area contributed by atoms with Crippen molar-refractivity contribution in [3.8, 4) is 0 Å². The van der Waals surface area contributed by atoms with Crippen LogP contribution in [0, 0.1) is 12.7 Å². The molecule has 25 heavy (non-hydrogen) atoms. The van der Waals surface area contributed by atoms with Gasteiger partial charge in [0, 0.05) is 30.3 Å². The van der Waals surface area contributed by atoms with Crippen molar-refractivity contribution < 1.29 is 9.18 Å². The van der Waals surface area contributed by atoms with Crippen LogP contribution in [0.15, 0.2) is 24.4 Å². The summed E-state index contributed by atoms with van der Waals surface area (Å²) in [5, 5.41) is 0. The quantitative estimate of drug-likeness (QED) is 0.866. The molecule has 2 heterocycles. The fourth-order valence-corrected chi connectivity index (χ4v) is 4.30. The van der Waals surface area contributed by atoms with Crippen LogP contribution in [0.4, 0.5) is 10.3 Å². The number of rotatable bonds is 1. The van der Waals surface area contributed by atoms with Crippen molar-refractivity contribution in [3.05, 3.63) is 52.6 Å². The van der Waals surface area contributed by atoms with E-state index in [1.807, 2.05) is 11.1 Å². The minimum atomic E-state index is -0.373. The predicted octanol–water partition coefficient (Wildman–Crippen LogP) is 2.63. The summed E-state index contributed by atoms with van der Waals surface area (Å²) in [6.45, 7) is 3.08. The summed E-state index contributed by atoms with van der Waals surface area (Å²) >= 11 is 0. The Kier molecular flexibility index (Phi) is 3.71. The summed E-state index contributed by atoms with van der Waals surface area (Å²) in [5.74, 6) is -0.205. The highest BCUT2D eigenvalue weighted by atomic mass is 19.1. The topological polar surface area (TPSA) is 72.1 Å². The number of fused-ring (bicyclic) bond motifs is 2. The Labute approximate surface area is 146 Å². The average Bonchev–Trinajstić information content (AvgIpc) is 2.91. The second-order valence-electron chi connectivity index (χ2n) is 7.23. The van der Waals surface area contributed by atoms with Crippen molar-refractivity contribution in [3.63, 3.8) is 0 Å². The molecule has 5 nitrogen and oxygen atoms in total. The van der Waals surface area contributed by atoms with Crippen LogP contribution in [0.25, 0.3) is 0 Å². The first-order valence-electron chi connectivity index (χ1n) is 8.65. The second-order valence-corrected chi connectivity index (χ2v) is 7.23. The minimum Gasteiger partial charge on any atom is -0.368 e. The molecule has 1 aliphatic heterocycles. The molecule has 0 radical (unpaired) electrons. The van der Waals surface area contributed by atoms with Crippen LogP contribution in [-0.2, 0) is 11.8 Å². The lowest BCUT2D eigenvalue weighted by atomic mass is 9.77. The Balaban J connectivity index is 1.64. The third-order valence-electron chi connectivity index (χ3n) is 5.41. The van der Waals surface area contributed by atoms with Crippen molar-refractivity contribution in [1.82, 2.24) is 14.9 Å². The van der Waals surface area contributed by atoms with Gasteiger partial charge in [0.15, 0.2) is 0 Å². The molecule has 1 unspecified atom stereocenters. The number of hydrogen-bond donors (Lipinski definition) is 1. The Bertz CT molecular complexity index is 829. The third-order valence-corrected chi connectivity index (χ3v) is 5.41. The van der Waals surface area contributed by atoms with E-state index in [9.17, 15) is 9.18 Å².